The van der Waals surface area contributed by atoms with Crippen LogP contribution in [0.15, 0.2) is 176 Å². The highest BCUT2D eigenvalue weighted by Crippen LogP contribution is 2.36. The third-order valence-electron chi connectivity index (χ3n) is 9.43. The second kappa shape index (κ2) is 12.0. The molecule has 1 aromatic heterocycles. The van der Waals surface area contributed by atoms with Crippen LogP contribution in [0.25, 0.3) is 38.6 Å². The van der Waals surface area contributed by atoms with Gasteiger partial charge in [0.05, 0.1) is 40.0 Å². The van der Waals surface area contributed by atoms with Crippen molar-refractivity contribution < 1.29 is 0 Å². The SMILES string of the molecule is N#Cc1ccc2c(c1)c1ccccc1n2-c1ccccc1-c1ccccc1[Si](c1ccccc1)(c1ccccc1)c1ccccc1C#N. The van der Waals surface area contributed by atoms with Crippen LogP contribution in [0.2, 0.25) is 0 Å². The highest BCUT2D eigenvalue weighted by atomic mass is 28.3. The third kappa shape index (κ3) is 4.48. The number of aromatic nitrogens is 1. The van der Waals surface area contributed by atoms with Crippen molar-refractivity contribution in [2.24, 2.45) is 0 Å². The van der Waals surface area contributed by atoms with E-state index >= 15 is 0 Å². The summed E-state index contributed by atoms with van der Waals surface area (Å²) in [5.74, 6) is 0. The van der Waals surface area contributed by atoms with Gasteiger partial charge in [0.15, 0.2) is 8.07 Å². The first-order valence-corrected chi connectivity index (χ1v) is 18.0. The summed E-state index contributed by atoms with van der Waals surface area (Å²) in [6.45, 7) is 0. The van der Waals surface area contributed by atoms with E-state index in [0.717, 1.165) is 43.8 Å². The van der Waals surface area contributed by atoms with Crippen LogP contribution in [0.4, 0.5) is 0 Å². The molecule has 0 aliphatic rings. The van der Waals surface area contributed by atoms with E-state index in [4.69, 9.17) is 0 Å². The lowest BCUT2D eigenvalue weighted by atomic mass is 10.0. The summed E-state index contributed by atoms with van der Waals surface area (Å²) in [7, 11) is -3.09. The van der Waals surface area contributed by atoms with Crippen LogP contribution in [0, 0.1) is 22.7 Å². The smallest absolute Gasteiger partial charge is 0.181 e. The fraction of sp³-hybridized carbons (Fsp3) is 0. The molecule has 0 atom stereocenters. The van der Waals surface area contributed by atoms with Gasteiger partial charge in [0.25, 0.3) is 0 Å². The summed E-state index contributed by atoms with van der Waals surface area (Å²) < 4.78 is 2.33. The first-order valence-electron chi connectivity index (χ1n) is 16.0. The Morgan fingerprint density at radius 2 is 1.00 bits per heavy atom. The molecule has 0 unspecified atom stereocenters. The van der Waals surface area contributed by atoms with Gasteiger partial charge in [0.2, 0.25) is 0 Å². The molecule has 4 heteroatoms. The van der Waals surface area contributed by atoms with Gasteiger partial charge in [-0.1, -0.05) is 140 Å². The molecule has 224 valence electrons. The van der Waals surface area contributed by atoms with Gasteiger partial charge in [-0.3, -0.25) is 0 Å². The number of para-hydroxylation sites is 2. The highest BCUT2D eigenvalue weighted by Gasteiger charge is 2.44. The maximum absolute atomic E-state index is 10.6. The molecular formula is C44H29N3Si. The molecule has 0 saturated carbocycles. The second-order valence-electron chi connectivity index (χ2n) is 11.9. The van der Waals surface area contributed by atoms with Gasteiger partial charge in [-0.25, -0.2) is 0 Å². The average molecular weight is 628 g/mol. The molecule has 0 aliphatic heterocycles. The molecule has 0 fully saturated rings. The molecule has 0 saturated heterocycles. The summed E-state index contributed by atoms with van der Waals surface area (Å²) in [4.78, 5) is 0. The Balaban J connectivity index is 1.51. The van der Waals surface area contributed by atoms with E-state index in [1.165, 1.54) is 15.6 Å². The zero-order valence-electron chi connectivity index (χ0n) is 26.1. The Bertz CT molecular complexity index is 2500. The Labute approximate surface area is 280 Å². The van der Waals surface area contributed by atoms with Gasteiger partial charge in [-0.2, -0.15) is 10.5 Å². The molecule has 0 spiro atoms. The molecule has 0 amide bonds. The summed E-state index contributed by atoms with van der Waals surface area (Å²) in [5.41, 5.74) is 6.73. The number of hydrogen-bond acceptors (Lipinski definition) is 2. The minimum atomic E-state index is -3.09. The van der Waals surface area contributed by atoms with Crippen LogP contribution < -0.4 is 20.7 Å². The number of nitrogens with zero attached hydrogens (tertiary/aromatic N) is 3. The van der Waals surface area contributed by atoms with E-state index < -0.39 is 8.07 Å². The first kappa shape index (κ1) is 29.0. The van der Waals surface area contributed by atoms with Crippen LogP contribution in [0.5, 0.6) is 0 Å². The minimum absolute atomic E-state index is 0.640. The van der Waals surface area contributed by atoms with Gasteiger partial charge in [0, 0.05) is 16.3 Å². The molecule has 8 aromatic rings. The summed E-state index contributed by atoms with van der Waals surface area (Å²) in [6, 6.07) is 66.2. The molecule has 8 rings (SSSR count). The summed E-state index contributed by atoms with van der Waals surface area (Å²) in [6.07, 6.45) is 0. The Morgan fingerprint density at radius 3 is 1.71 bits per heavy atom. The molecule has 0 N–H and O–H groups in total. The lowest BCUT2D eigenvalue weighted by Gasteiger charge is -2.36. The number of hydrogen-bond donors (Lipinski definition) is 0. The van der Waals surface area contributed by atoms with Crippen LogP contribution in [0.3, 0.4) is 0 Å². The number of benzene rings is 7. The molecule has 0 aliphatic carbocycles. The normalized spacial score (nSPS) is 11.3. The van der Waals surface area contributed by atoms with Crippen molar-refractivity contribution in [2.45, 2.75) is 0 Å². The van der Waals surface area contributed by atoms with Gasteiger partial charge in [-0.05, 0) is 62.7 Å². The number of fused-ring (bicyclic) bond motifs is 3. The van der Waals surface area contributed by atoms with E-state index in [2.05, 4.69) is 168 Å². The van der Waals surface area contributed by atoms with E-state index in [0.29, 0.717) is 11.1 Å². The molecule has 0 radical (unpaired) electrons. The predicted molar refractivity (Wildman–Crippen MR) is 199 cm³/mol. The van der Waals surface area contributed by atoms with Crippen LogP contribution >= 0.6 is 0 Å². The first-order chi connectivity index (χ1) is 23.8. The Kier molecular flexibility index (Phi) is 7.27. The van der Waals surface area contributed by atoms with Crippen molar-refractivity contribution in [3.05, 3.63) is 187 Å². The van der Waals surface area contributed by atoms with Crippen LogP contribution in [0.1, 0.15) is 11.1 Å². The van der Waals surface area contributed by atoms with Crippen molar-refractivity contribution in [2.75, 3.05) is 0 Å². The van der Waals surface area contributed by atoms with Crippen molar-refractivity contribution in [3.8, 4) is 29.0 Å². The molecule has 1 heterocycles. The van der Waals surface area contributed by atoms with E-state index in [-0.39, 0.29) is 0 Å². The molecule has 3 nitrogen and oxygen atoms in total. The predicted octanol–water partition coefficient (Wildman–Crippen LogP) is 7.57. The van der Waals surface area contributed by atoms with Crippen molar-refractivity contribution >= 4 is 50.6 Å². The molecule has 0 bridgehead atoms. The average Bonchev–Trinajstić information content (AvgIpc) is 3.50. The molecule has 7 aromatic carbocycles. The maximum Gasteiger partial charge on any atom is 0.181 e. The number of rotatable bonds is 6. The minimum Gasteiger partial charge on any atom is -0.309 e. The third-order valence-corrected chi connectivity index (χ3v) is 14.3. The zero-order valence-corrected chi connectivity index (χ0v) is 27.1. The molecular weight excluding hydrogens is 599 g/mol. The summed E-state index contributed by atoms with van der Waals surface area (Å²) in [5, 5.41) is 27.2. The summed E-state index contributed by atoms with van der Waals surface area (Å²) >= 11 is 0. The second-order valence-corrected chi connectivity index (χ2v) is 15.6. The van der Waals surface area contributed by atoms with E-state index in [1.54, 1.807) is 0 Å². The topological polar surface area (TPSA) is 52.5 Å². The maximum atomic E-state index is 10.6. The zero-order chi connectivity index (χ0) is 32.5. The van der Waals surface area contributed by atoms with Crippen LogP contribution in [-0.2, 0) is 0 Å². The van der Waals surface area contributed by atoms with E-state index in [9.17, 15) is 10.5 Å². The fourth-order valence-electron chi connectivity index (χ4n) is 7.46. The largest absolute Gasteiger partial charge is 0.309 e. The van der Waals surface area contributed by atoms with Crippen molar-refractivity contribution in [1.82, 2.24) is 4.57 Å². The van der Waals surface area contributed by atoms with Crippen molar-refractivity contribution in [1.29, 1.82) is 10.5 Å². The van der Waals surface area contributed by atoms with Gasteiger partial charge in [-0.15, -0.1) is 0 Å². The standard InChI is InChI=1S/C44H29N3Si/c45-30-32-27-28-42-39(29-32)37-21-9-12-24-41(37)47(42)40-23-11-8-20-36(40)38-22-10-14-26-44(38)48(34-16-3-1-4-17-34,35-18-5-2-6-19-35)43-25-13-7-15-33(43)31-46/h1-29H. The van der Waals surface area contributed by atoms with Gasteiger partial charge in [0.1, 0.15) is 0 Å². The fourth-order valence-corrected chi connectivity index (χ4v) is 12.6. The Hall–Kier alpha value is -6.46. The Morgan fingerprint density at radius 1 is 0.438 bits per heavy atom. The van der Waals surface area contributed by atoms with E-state index in [1.807, 2.05) is 24.3 Å². The molecule has 48 heavy (non-hydrogen) atoms. The highest BCUT2D eigenvalue weighted by molar-refractivity contribution is 7.20. The van der Waals surface area contributed by atoms with Crippen molar-refractivity contribution in [3.63, 3.8) is 0 Å². The van der Waals surface area contributed by atoms with Gasteiger partial charge >= 0.3 is 0 Å². The lowest BCUT2D eigenvalue weighted by Crippen LogP contribution is -2.75. The van der Waals surface area contributed by atoms with Gasteiger partial charge < -0.3 is 4.57 Å². The number of nitriles is 2. The monoisotopic (exact) mass is 627 g/mol. The van der Waals surface area contributed by atoms with Crippen LogP contribution in [-0.4, -0.2) is 12.6 Å². The quantitative estimate of drug-likeness (QED) is 0.141. The lowest BCUT2D eigenvalue weighted by molar-refractivity contribution is 1.18.